The number of para-hydroxylation sites is 1. The van der Waals surface area contributed by atoms with E-state index in [0.29, 0.717) is 11.4 Å². The number of hydrogen-bond donors (Lipinski definition) is 2. The van der Waals surface area contributed by atoms with Crippen LogP contribution in [0.4, 0.5) is 16.2 Å². The standard InChI is InChI=1S/C22H26N4O2/c1-15-19(20(27)26(25(15)5)18-9-7-6-8-10-18)24-21(28)23-17-13-11-16(12-14-17)22(2,3)4/h6-14H,1-5H3,(H2,23,24,28). The zero-order valence-electron chi connectivity index (χ0n) is 16.9. The molecule has 0 saturated heterocycles. The molecule has 0 atom stereocenters. The fourth-order valence-corrected chi connectivity index (χ4v) is 3.04. The van der Waals surface area contributed by atoms with Crippen molar-refractivity contribution in [2.24, 2.45) is 7.05 Å². The Kier molecular flexibility index (Phi) is 5.14. The van der Waals surface area contributed by atoms with Crippen molar-refractivity contribution in [3.63, 3.8) is 0 Å². The van der Waals surface area contributed by atoms with Crippen LogP contribution < -0.4 is 16.2 Å². The van der Waals surface area contributed by atoms with Gasteiger partial charge in [-0.2, -0.15) is 0 Å². The molecule has 2 amide bonds. The van der Waals surface area contributed by atoms with Crippen LogP contribution in [-0.2, 0) is 12.5 Å². The Hall–Kier alpha value is -3.28. The molecular weight excluding hydrogens is 352 g/mol. The lowest BCUT2D eigenvalue weighted by atomic mass is 9.87. The van der Waals surface area contributed by atoms with Crippen molar-refractivity contribution in [2.75, 3.05) is 10.6 Å². The van der Waals surface area contributed by atoms with E-state index in [1.165, 1.54) is 10.2 Å². The number of nitrogens with one attached hydrogen (secondary N) is 2. The van der Waals surface area contributed by atoms with Gasteiger partial charge >= 0.3 is 6.03 Å². The van der Waals surface area contributed by atoms with Crippen molar-refractivity contribution in [1.82, 2.24) is 9.36 Å². The molecule has 0 aliphatic heterocycles. The number of carbonyl (C=O) groups excluding carboxylic acids is 1. The molecular formula is C22H26N4O2. The molecule has 0 aliphatic rings. The van der Waals surface area contributed by atoms with Gasteiger partial charge in [-0.25, -0.2) is 9.48 Å². The van der Waals surface area contributed by atoms with Gasteiger partial charge in [-0.05, 0) is 42.2 Å². The summed E-state index contributed by atoms with van der Waals surface area (Å²) in [5.74, 6) is 0. The smallest absolute Gasteiger partial charge is 0.308 e. The molecule has 1 aromatic heterocycles. The number of hydrogen-bond acceptors (Lipinski definition) is 2. The van der Waals surface area contributed by atoms with Crippen molar-refractivity contribution >= 4 is 17.4 Å². The summed E-state index contributed by atoms with van der Waals surface area (Å²) in [6.07, 6.45) is 0. The third kappa shape index (κ3) is 3.86. The van der Waals surface area contributed by atoms with E-state index in [0.717, 1.165) is 5.69 Å². The maximum Gasteiger partial charge on any atom is 0.323 e. The maximum absolute atomic E-state index is 12.9. The molecule has 0 spiro atoms. The Morgan fingerprint density at radius 1 is 0.929 bits per heavy atom. The first-order chi connectivity index (χ1) is 13.2. The predicted molar refractivity (Wildman–Crippen MR) is 114 cm³/mol. The summed E-state index contributed by atoms with van der Waals surface area (Å²) in [4.78, 5) is 25.3. The minimum atomic E-state index is -0.450. The van der Waals surface area contributed by atoms with E-state index >= 15 is 0 Å². The molecule has 2 aromatic carbocycles. The van der Waals surface area contributed by atoms with Gasteiger partial charge in [0.05, 0.1) is 11.4 Å². The summed E-state index contributed by atoms with van der Waals surface area (Å²) in [5, 5.41) is 5.48. The second kappa shape index (κ2) is 7.38. The Bertz CT molecular complexity index is 1040. The highest BCUT2D eigenvalue weighted by Crippen LogP contribution is 2.23. The van der Waals surface area contributed by atoms with Gasteiger partial charge in [0.15, 0.2) is 0 Å². The normalized spacial score (nSPS) is 11.3. The van der Waals surface area contributed by atoms with E-state index in [1.807, 2.05) is 54.6 Å². The maximum atomic E-state index is 12.9. The third-order valence-corrected chi connectivity index (χ3v) is 4.80. The Balaban J connectivity index is 1.81. The molecule has 1 heterocycles. The first-order valence-corrected chi connectivity index (χ1v) is 9.21. The van der Waals surface area contributed by atoms with Gasteiger partial charge in [-0.15, -0.1) is 0 Å². The number of anilines is 2. The zero-order chi connectivity index (χ0) is 20.5. The molecule has 28 heavy (non-hydrogen) atoms. The molecule has 0 radical (unpaired) electrons. The fraction of sp³-hybridized carbons (Fsp3) is 0.273. The average molecular weight is 378 g/mol. The lowest BCUT2D eigenvalue weighted by molar-refractivity contribution is 0.262. The van der Waals surface area contributed by atoms with Gasteiger partial charge < -0.3 is 10.6 Å². The number of amides is 2. The molecule has 2 N–H and O–H groups in total. The van der Waals surface area contributed by atoms with Crippen LogP contribution in [0.2, 0.25) is 0 Å². The summed E-state index contributed by atoms with van der Waals surface area (Å²) >= 11 is 0. The second-order valence-electron chi connectivity index (χ2n) is 7.84. The molecule has 0 fully saturated rings. The summed E-state index contributed by atoms with van der Waals surface area (Å²) < 4.78 is 3.26. The van der Waals surface area contributed by atoms with Gasteiger partial charge in [0.2, 0.25) is 0 Å². The zero-order valence-corrected chi connectivity index (χ0v) is 16.9. The van der Waals surface area contributed by atoms with E-state index in [9.17, 15) is 9.59 Å². The molecule has 0 saturated carbocycles. The largest absolute Gasteiger partial charge is 0.323 e. The highest BCUT2D eigenvalue weighted by molar-refractivity contribution is 6.00. The molecule has 0 bridgehead atoms. The highest BCUT2D eigenvalue weighted by Gasteiger charge is 2.18. The van der Waals surface area contributed by atoms with Crippen LogP contribution in [0.3, 0.4) is 0 Å². The van der Waals surface area contributed by atoms with E-state index in [2.05, 4.69) is 31.4 Å². The average Bonchev–Trinajstić information content (AvgIpc) is 2.85. The van der Waals surface area contributed by atoms with Gasteiger partial charge in [-0.3, -0.25) is 9.48 Å². The fourth-order valence-electron chi connectivity index (χ4n) is 3.04. The van der Waals surface area contributed by atoms with Gasteiger partial charge in [0, 0.05) is 12.7 Å². The first-order valence-electron chi connectivity index (χ1n) is 9.21. The lowest BCUT2D eigenvalue weighted by Crippen LogP contribution is -2.25. The van der Waals surface area contributed by atoms with E-state index in [1.54, 1.807) is 18.7 Å². The number of benzene rings is 2. The summed E-state index contributed by atoms with van der Waals surface area (Å²) in [6.45, 7) is 8.21. The van der Waals surface area contributed by atoms with Crippen LogP contribution >= 0.6 is 0 Å². The summed E-state index contributed by atoms with van der Waals surface area (Å²) in [5.41, 5.74) is 3.30. The molecule has 0 unspecified atom stereocenters. The Morgan fingerprint density at radius 2 is 1.54 bits per heavy atom. The predicted octanol–water partition coefficient (Wildman–Crippen LogP) is 4.43. The molecule has 6 heteroatoms. The number of nitrogens with zero attached hydrogens (tertiary/aromatic N) is 2. The SMILES string of the molecule is Cc1c(NC(=O)Nc2ccc(C(C)(C)C)cc2)c(=O)n(-c2ccccc2)n1C. The van der Waals surface area contributed by atoms with Crippen molar-refractivity contribution < 1.29 is 4.79 Å². The Morgan fingerprint density at radius 3 is 2.11 bits per heavy atom. The third-order valence-electron chi connectivity index (χ3n) is 4.80. The van der Waals surface area contributed by atoms with Crippen molar-refractivity contribution in [1.29, 1.82) is 0 Å². The van der Waals surface area contributed by atoms with Crippen molar-refractivity contribution in [2.45, 2.75) is 33.1 Å². The van der Waals surface area contributed by atoms with Gasteiger partial charge in [-0.1, -0.05) is 51.1 Å². The van der Waals surface area contributed by atoms with E-state index < -0.39 is 6.03 Å². The van der Waals surface area contributed by atoms with E-state index in [4.69, 9.17) is 0 Å². The summed E-state index contributed by atoms with van der Waals surface area (Å²) in [6, 6.07) is 16.6. The molecule has 0 aliphatic carbocycles. The lowest BCUT2D eigenvalue weighted by Gasteiger charge is -2.19. The topological polar surface area (TPSA) is 68.1 Å². The minimum Gasteiger partial charge on any atom is -0.308 e. The first kappa shape index (κ1) is 19.5. The number of rotatable bonds is 3. The second-order valence-corrected chi connectivity index (χ2v) is 7.84. The molecule has 146 valence electrons. The van der Waals surface area contributed by atoms with Crippen LogP contribution in [0.1, 0.15) is 32.0 Å². The van der Waals surface area contributed by atoms with Crippen molar-refractivity contribution in [3.8, 4) is 5.69 Å². The molecule has 3 aromatic rings. The quantitative estimate of drug-likeness (QED) is 0.708. The minimum absolute atomic E-state index is 0.0461. The molecule has 6 nitrogen and oxygen atoms in total. The number of carbonyl (C=O) groups is 1. The van der Waals surface area contributed by atoms with Crippen LogP contribution in [0, 0.1) is 6.92 Å². The van der Waals surface area contributed by atoms with E-state index in [-0.39, 0.29) is 16.7 Å². The Labute approximate surface area is 164 Å². The number of aromatic nitrogens is 2. The van der Waals surface area contributed by atoms with Crippen LogP contribution in [0.25, 0.3) is 5.69 Å². The summed E-state index contributed by atoms with van der Waals surface area (Å²) in [7, 11) is 1.79. The van der Waals surface area contributed by atoms with Gasteiger partial charge in [0.25, 0.3) is 5.56 Å². The number of urea groups is 1. The van der Waals surface area contributed by atoms with Gasteiger partial charge in [0.1, 0.15) is 5.69 Å². The molecule has 3 rings (SSSR count). The van der Waals surface area contributed by atoms with Crippen molar-refractivity contribution in [3.05, 3.63) is 76.2 Å². The van der Waals surface area contributed by atoms with Crippen LogP contribution in [0.5, 0.6) is 0 Å². The van der Waals surface area contributed by atoms with Crippen LogP contribution in [0.15, 0.2) is 59.4 Å². The highest BCUT2D eigenvalue weighted by atomic mass is 16.2. The monoisotopic (exact) mass is 378 g/mol. The van der Waals surface area contributed by atoms with Crippen LogP contribution in [-0.4, -0.2) is 15.4 Å².